The summed E-state index contributed by atoms with van der Waals surface area (Å²) in [6.07, 6.45) is 1.16. The minimum atomic E-state index is 0.561. The van der Waals surface area contributed by atoms with Crippen LogP contribution in [0.4, 0.5) is 0 Å². The van der Waals surface area contributed by atoms with Gasteiger partial charge in [0.2, 0.25) is 0 Å². The zero-order valence-electron chi connectivity index (χ0n) is 10.3. The molecule has 2 unspecified atom stereocenters. The van der Waals surface area contributed by atoms with Crippen molar-refractivity contribution in [1.29, 1.82) is 0 Å². The molecule has 0 amide bonds. The zero-order valence-corrected chi connectivity index (χ0v) is 10.3. The van der Waals surface area contributed by atoms with Gasteiger partial charge in [-0.15, -0.1) is 0 Å². The van der Waals surface area contributed by atoms with E-state index < -0.39 is 0 Å². The van der Waals surface area contributed by atoms with Crippen molar-refractivity contribution >= 4 is 0 Å². The highest BCUT2D eigenvalue weighted by atomic mass is 16.5. The number of likely N-dealkylation sites (N-methyl/N-ethyl adjacent to an activating group) is 2. The lowest BCUT2D eigenvalue weighted by Gasteiger charge is -2.31. The highest BCUT2D eigenvalue weighted by molar-refractivity contribution is 4.77. The van der Waals surface area contributed by atoms with Crippen molar-refractivity contribution in [2.24, 2.45) is 0 Å². The van der Waals surface area contributed by atoms with Crippen LogP contribution in [0.1, 0.15) is 27.2 Å². The van der Waals surface area contributed by atoms with Gasteiger partial charge in [0, 0.05) is 25.2 Å². The van der Waals surface area contributed by atoms with Gasteiger partial charge in [0.1, 0.15) is 0 Å². The molecule has 0 aromatic carbocycles. The van der Waals surface area contributed by atoms with E-state index >= 15 is 0 Å². The van der Waals surface area contributed by atoms with E-state index in [1.807, 2.05) is 14.0 Å². The first kappa shape index (κ1) is 13.9. The van der Waals surface area contributed by atoms with Crippen molar-refractivity contribution < 1.29 is 4.74 Å². The van der Waals surface area contributed by atoms with Gasteiger partial charge in [0.05, 0.1) is 6.61 Å². The number of nitrogens with zero attached hydrogens (tertiary/aromatic N) is 1. The summed E-state index contributed by atoms with van der Waals surface area (Å²) in [5.74, 6) is 0. The Morgan fingerprint density at radius 2 is 2.00 bits per heavy atom. The van der Waals surface area contributed by atoms with E-state index in [2.05, 4.69) is 31.1 Å². The van der Waals surface area contributed by atoms with Gasteiger partial charge in [-0.05, 0) is 34.4 Å². The number of ether oxygens (including phenoxy) is 1. The Bertz CT molecular complexity index is 126. The Morgan fingerprint density at radius 3 is 2.43 bits per heavy atom. The topological polar surface area (TPSA) is 24.5 Å². The first-order chi connectivity index (χ1) is 6.67. The second kappa shape index (κ2) is 8.21. The minimum Gasteiger partial charge on any atom is -0.380 e. The lowest BCUT2D eigenvalue weighted by molar-refractivity contribution is 0.102. The maximum Gasteiger partial charge on any atom is 0.0593 e. The van der Waals surface area contributed by atoms with Crippen molar-refractivity contribution in [3.63, 3.8) is 0 Å². The summed E-state index contributed by atoms with van der Waals surface area (Å²) in [5.41, 5.74) is 0. The minimum absolute atomic E-state index is 0.561. The summed E-state index contributed by atoms with van der Waals surface area (Å²) in [7, 11) is 4.19. The molecule has 0 aliphatic rings. The number of rotatable bonds is 8. The van der Waals surface area contributed by atoms with Crippen LogP contribution in [0.5, 0.6) is 0 Å². The van der Waals surface area contributed by atoms with Crippen molar-refractivity contribution in [1.82, 2.24) is 10.2 Å². The summed E-state index contributed by atoms with van der Waals surface area (Å²) >= 11 is 0. The summed E-state index contributed by atoms with van der Waals surface area (Å²) < 4.78 is 5.34. The Balaban J connectivity index is 3.78. The van der Waals surface area contributed by atoms with Crippen LogP contribution >= 0.6 is 0 Å². The van der Waals surface area contributed by atoms with Gasteiger partial charge in [-0.2, -0.15) is 0 Å². The molecule has 0 aromatic heterocycles. The van der Waals surface area contributed by atoms with Crippen LogP contribution in [0, 0.1) is 0 Å². The molecule has 0 aliphatic carbocycles. The maximum atomic E-state index is 5.34. The van der Waals surface area contributed by atoms with Gasteiger partial charge < -0.3 is 10.1 Å². The number of hydrogen-bond acceptors (Lipinski definition) is 3. The maximum absolute atomic E-state index is 5.34. The molecule has 0 rings (SSSR count). The Labute approximate surface area is 88.8 Å². The molecular weight excluding hydrogens is 176 g/mol. The van der Waals surface area contributed by atoms with Crippen LogP contribution in [0.3, 0.4) is 0 Å². The van der Waals surface area contributed by atoms with Crippen molar-refractivity contribution in [3.8, 4) is 0 Å². The molecule has 2 atom stereocenters. The van der Waals surface area contributed by atoms with Crippen LogP contribution in [0.15, 0.2) is 0 Å². The summed E-state index contributed by atoms with van der Waals surface area (Å²) in [6.45, 7) is 9.16. The van der Waals surface area contributed by atoms with Gasteiger partial charge in [0.25, 0.3) is 0 Å². The quantitative estimate of drug-likeness (QED) is 0.601. The molecule has 0 saturated carbocycles. The molecule has 0 fully saturated rings. The van der Waals surface area contributed by atoms with E-state index in [0.717, 1.165) is 26.2 Å². The summed E-state index contributed by atoms with van der Waals surface area (Å²) in [5, 5.41) is 3.34. The molecular formula is C11H26N2O. The molecule has 0 bridgehead atoms. The second-order valence-corrected chi connectivity index (χ2v) is 3.72. The predicted molar refractivity (Wildman–Crippen MR) is 61.7 cm³/mol. The molecule has 1 N–H and O–H groups in total. The number of nitrogens with one attached hydrogen (secondary N) is 1. The van der Waals surface area contributed by atoms with E-state index in [9.17, 15) is 0 Å². The lowest BCUT2D eigenvalue weighted by atomic mass is 10.1. The largest absolute Gasteiger partial charge is 0.380 e. The molecule has 0 heterocycles. The van der Waals surface area contributed by atoms with Gasteiger partial charge in [-0.25, -0.2) is 0 Å². The highest BCUT2D eigenvalue weighted by Crippen LogP contribution is 2.04. The average Bonchev–Trinajstić information content (AvgIpc) is 2.19. The second-order valence-electron chi connectivity index (χ2n) is 3.72. The molecule has 86 valence electrons. The fourth-order valence-corrected chi connectivity index (χ4v) is 1.65. The first-order valence-corrected chi connectivity index (χ1v) is 5.62. The fourth-order valence-electron chi connectivity index (χ4n) is 1.65. The van der Waals surface area contributed by atoms with Crippen LogP contribution in [0.25, 0.3) is 0 Å². The number of hydrogen-bond donors (Lipinski definition) is 1. The molecule has 0 aliphatic heterocycles. The zero-order chi connectivity index (χ0) is 11.0. The first-order valence-electron chi connectivity index (χ1n) is 5.62. The lowest BCUT2D eigenvalue weighted by Crippen LogP contribution is -2.46. The van der Waals surface area contributed by atoms with Gasteiger partial charge in [-0.1, -0.05) is 6.92 Å². The van der Waals surface area contributed by atoms with Gasteiger partial charge >= 0.3 is 0 Å². The molecule has 0 radical (unpaired) electrons. The Morgan fingerprint density at radius 1 is 1.36 bits per heavy atom. The highest BCUT2D eigenvalue weighted by Gasteiger charge is 2.17. The van der Waals surface area contributed by atoms with E-state index in [1.54, 1.807) is 0 Å². The SMILES string of the molecule is CCOCCN(C)C(C)C(CC)NC. The molecule has 14 heavy (non-hydrogen) atoms. The van der Waals surface area contributed by atoms with Crippen molar-refractivity contribution in [2.45, 2.75) is 39.3 Å². The monoisotopic (exact) mass is 202 g/mol. The average molecular weight is 202 g/mol. The van der Waals surface area contributed by atoms with Crippen LogP contribution in [-0.2, 0) is 4.74 Å². The van der Waals surface area contributed by atoms with Crippen LogP contribution in [0.2, 0.25) is 0 Å². The van der Waals surface area contributed by atoms with Crippen LogP contribution < -0.4 is 5.32 Å². The summed E-state index contributed by atoms with van der Waals surface area (Å²) in [6, 6.07) is 1.13. The van der Waals surface area contributed by atoms with Gasteiger partial charge in [-0.3, -0.25) is 4.90 Å². The van der Waals surface area contributed by atoms with Gasteiger partial charge in [0.15, 0.2) is 0 Å². The molecule has 0 saturated heterocycles. The fraction of sp³-hybridized carbons (Fsp3) is 1.00. The molecule has 0 spiro atoms. The smallest absolute Gasteiger partial charge is 0.0593 e. The van der Waals surface area contributed by atoms with Crippen LogP contribution in [-0.4, -0.2) is 50.8 Å². The van der Waals surface area contributed by atoms with Crippen molar-refractivity contribution in [2.75, 3.05) is 33.9 Å². The molecule has 3 nitrogen and oxygen atoms in total. The van der Waals surface area contributed by atoms with E-state index in [0.29, 0.717) is 12.1 Å². The normalized spacial score (nSPS) is 15.9. The third-order valence-electron chi connectivity index (χ3n) is 2.88. The van der Waals surface area contributed by atoms with E-state index in [4.69, 9.17) is 4.74 Å². The third kappa shape index (κ3) is 4.94. The third-order valence-corrected chi connectivity index (χ3v) is 2.88. The van der Waals surface area contributed by atoms with E-state index in [-0.39, 0.29) is 0 Å². The van der Waals surface area contributed by atoms with E-state index in [1.165, 1.54) is 0 Å². The summed E-state index contributed by atoms with van der Waals surface area (Å²) in [4.78, 5) is 2.35. The van der Waals surface area contributed by atoms with Crippen molar-refractivity contribution in [3.05, 3.63) is 0 Å². The molecule has 0 aromatic rings. The Hall–Kier alpha value is -0.120. The molecule has 3 heteroatoms. The predicted octanol–water partition coefficient (Wildman–Crippen LogP) is 1.34. The standard InChI is InChI=1S/C11H26N2O/c1-6-11(12-4)10(3)13(5)8-9-14-7-2/h10-12H,6-9H2,1-5H3. The Kier molecular flexibility index (Phi) is 8.14.